The number of hydrogen-bond donors (Lipinski definition) is 0. The summed E-state index contributed by atoms with van der Waals surface area (Å²) in [5.74, 6) is -0.0566. The summed E-state index contributed by atoms with van der Waals surface area (Å²) < 4.78 is 6.72. The zero-order valence-electron chi connectivity index (χ0n) is 9.36. The SMILES string of the molecule is Cc1nn(C)c(Cl)c1C(=O)N1CCOCC1. The number of rotatable bonds is 1. The molecule has 16 heavy (non-hydrogen) atoms. The van der Waals surface area contributed by atoms with Crippen LogP contribution in [-0.4, -0.2) is 46.9 Å². The molecule has 88 valence electrons. The van der Waals surface area contributed by atoms with Crippen molar-refractivity contribution in [2.75, 3.05) is 26.3 Å². The van der Waals surface area contributed by atoms with Crippen molar-refractivity contribution in [1.29, 1.82) is 0 Å². The quantitative estimate of drug-likeness (QED) is 0.735. The largest absolute Gasteiger partial charge is 0.378 e. The molecule has 0 N–H and O–H groups in total. The van der Waals surface area contributed by atoms with Crippen molar-refractivity contribution in [2.24, 2.45) is 7.05 Å². The Morgan fingerprint density at radius 3 is 2.56 bits per heavy atom. The van der Waals surface area contributed by atoms with E-state index in [0.717, 1.165) is 0 Å². The van der Waals surface area contributed by atoms with Gasteiger partial charge in [0, 0.05) is 20.1 Å². The van der Waals surface area contributed by atoms with E-state index < -0.39 is 0 Å². The molecule has 1 amide bonds. The van der Waals surface area contributed by atoms with Crippen LogP contribution < -0.4 is 0 Å². The molecule has 0 spiro atoms. The van der Waals surface area contributed by atoms with Gasteiger partial charge in [-0.25, -0.2) is 0 Å². The lowest BCUT2D eigenvalue weighted by Crippen LogP contribution is -2.40. The van der Waals surface area contributed by atoms with E-state index in [4.69, 9.17) is 16.3 Å². The third kappa shape index (κ3) is 1.92. The minimum absolute atomic E-state index is 0.0566. The Morgan fingerprint density at radius 2 is 2.06 bits per heavy atom. The summed E-state index contributed by atoms with van der Waals surface area (Å²) in [7, 11) is 1.73. The van der Waals surface area contributed by atoms with E-state index in [1.165, 1.54) is 4.68 Å². The summed E-state index contributed by atoms with van der Waals surface area (Å²) in [6.45, 7) is 4.19. The number of nitrogens with zero attached hydrogens (tertiary/aromatic N) is 3. The third-order valence-electron chi connectivity index (χ3n) is 2.66. The van der Waals surface area contributed by atoms with Gasteiger partial charge in [-0.1, -0.05) is 11.6 Å². The maximum atomic E-state index is 12.2. The fourth-order valence-corrected chi connectivity index (χ4v) is 2.05. The van der Waals surface area contributed by atoms with Crippen LogP contribution in [-0.2, 0) is 11.8 Å². The molecule has 1 aliphatic heterocycles. The summed E-state index contributed by atoms with van der Waals surface area (Å²) in [5.41, 5.74) is 1.18. The molecule has 1 saturated heterocycles. The van der Waals surface area contributed by atoms with Crippen LogP contribution in [0.5, 0.6) is 0 Å². The molecule has 2 heterocycles. The van der Waals surface area contributed by atoms with E-state index in [1.54, 1.807) is 18.9 Å². The maximum Gasteiger partial charge on any atom is 0.259 e. The number of aryl methyl sites for hydroxylation is 2. The molecule has 0 saturated carbocycles. The van der Waals surface area contributed by atoms with Gasteiger partial charge in [-0.15, -0.1) is 0 Å². The molecule has 1 fully saturated rings. The zero-order valence-corrected chi connectivity index (χ0v) is 10.1. The number of ether oxygens (including phenoxy) is 1. The molecule has 1 aromatic rings. The summed E-state index contributed by atoms with van der Waals surface area (Å²) >= 11 is 6.05. The van der Waals surface area contributed by atoms with Crippen molar-refractivity contribution in [3.63, 3.8) is 0 Å². The number of aromatic nitrogens is 2. The fourth-order valence-electron chi connectivity index (χ4n) is 1.80. The van der Waals surface area contributed by atoms with Crippen molar-refractivity contribution in [1.82, 2.24) is 14.7 Å². The third-order valence-corrected chi connectivity index (χ3v) is 3.10. The highest BCUT2D eigenvalue weighted by atomic mass is 35.5. The Morgan fingerprint density at radius 1 is 1.44 bits per heavy atom. The number of carbonyl (C=O) groups excluding carboxylic acids is 1. The van der Waals surface area contributed by atoms with E-state index in [-0.39, 0.29) is 5.91 Å². The first kappa shape index (κ1) is 11.4. The molecule has 1 aliphatic rings. The predicted octanol–water partition coefficient (Wildman–Crippen LogP) is 0.854. The number of carbonyl (C=O) groups is 1. The van der Waals surface area contributed by atoms with Gasteiger partial charge in [0.25, 0.3) is 5.91 Å². The van der Waals surface area contributed by atoms with E-state index in [0.29, 0.717) is 42.7 Å². The van der Waals surface area contributed by atoms with E-state index in [2.05, 4.69) is 5.10 Å². The first-order valence-electron chi connectivity index (χ1n) is 5.17. The molecule has 2 rings (SSSR count). The monoisotopic (exact) mass is 243 g/mol. The van der Waals surface area contributed by atoms with Gasteiger partial charge in [0.15, 0.2) is 0 Å². The first-order chi connectivity index (χ1) is 7.61. The van der Waals surface area contributed by atoms with Crippen LogP contribution in [0.4, 0.5) is 0 Å². The Balaban J connectivity index is 2.25. The minimum Gasteiger partial charge on any atom is -0.378 e. The molecule has 1 aromatic heterocycles. The van der Waals surface area contributed by atoms with Gasteiger partial charge in [-0.2, -0.15) is 5.10 Å². The average molecular weight is 244 g/mol. The molecule has 0 atom stereocenters. The van der Waals surface area contributed by atoms with Gasteiger partial charge in [-0.05, 0) is 6.92 Å². The van der Waals surface area contributed by atoms with Crippen molar-refractivity contribution in [2.45, 2.75) is 6.92 Å². The lowest BCUT2D eigenvalue weighted by Gasteiger charge is -2.26. The van der Waals surface area contributed by atoms with Crippen molar-refractivity contribution in [3.05, 3.63) is 16.4 Å². The van der Waals surface area contributed by atoms with Crippen LogP contribution in [0.2, 0.25) is 5.15 Å². The van der Waals surface area contributed by atoms with E-state index in [1.807, 2.05) is 0 Å². The smallest absolute Gasteiger partial charge is 0.259 e. The molecule has 6 heteroatoms. The number of hydrogen-bond acceptors (Lipinski definition) is 3. The van der Waals surface area contributed by atoms with E-state index >= 15 is 0 Å². The Labute approximate surface area is 98.9 Å². The van der Waals surface area contributed by atoms with Crippen LogP contribution in [0.3, 0.4) is 0 Å². The van der Waals surface area contributed by atoms with Crippen LogP contribution >= 0.6 is 11.6 Å². The molecular weight excluding hydrogens is 230 g/mol. The molecule has 0 radical (unpaired) electrons. The highest BCUT2D eigenvalue weighted by Gasteiger charge is 2.25. The highest BCUT2D eigenvalue weighted by molar-refractivity contribution is 6.33. The van der Waals surface area contributed by atoms with Crippen LogP contribution in [0.25, 0.3) is 0 Å². The molecule has 0 unspecified atom stereocenters. The second-order valence-corrected chi connectivity index (χ2v) is 4.14. The summed E-state index contributed by atoms with van der Waals surface area (Å²) in [6.07, 6.45) is 0. The number of amides is 1. The van der Waals surface area contributed by atoms with Crippen molar-refractivity contribution in [3.8, 4) is 0 Å². The predicted molar refractivity (Wildman–Crippen MR) is 59.7 cm³/mol. The molecule has 0 aromatic carbocycles. The number of halogens is 1. The first-order valence-corrected chi connectivity index (χ1v) is 5.55. The fraction of sp³-hybridized carbons (Fsp3) is 0.600. The van der Waals surface area contributed by atoms with Crippen LogP contribution in [0, 0.1) is 6.92 Å². The van der Waals surface area contributed by atoms with Crippen molar-refractivity contribution >= 4 is 17.5 Å². The normalized spacial score (nSPS) is 16.6. The summed E-state index contributed by atoms with van der Waals surface area (Å²) in [4.78, 5) is 13.9. The molecular formula is C10H14ClN3O2. The van der Waals surface area contributed by atoms with Gasteiger partial charge in [0.05, 0.1) is 24.5 Å². The topological polar surface area (TPSA) is 47.4 Å². The van der Waals surface area contributed by atoms with Gasteiger partial charge in [0.1, 0.15) is 5.15 Å². The van der Waals surface area contributed by atoms with Gasteiger partial charge < -0.3 is 9.64 Å². The molecule has 0 aliphatic carbocycles. The van der Waals surface area contributed by atoms with Crippen LogP contribution in [0.1, 0.15) is 16.1 Å². The minimum atomic E-state index is -0.0566. The lowest BCUT2D eigenvalue weighted by atomic mass is 10.2. The standard InChI is InChI=1S/C10H14ClN3O2/c1-7-8(9(11)13(2)12-7)10(15)14-3-5-16-6-4-14/h3-6H2,1-2H3. The Hall–Kier alpha value is -1.07. The van der Waals surface area contributed by atoms with Crippen LogP contribution in [0.15, 0.2) is 0 Å². The molecule has 5 nitrogen and oxygen atoms in total. The summed E-state index contributed by atoms with van der Waals surface area (Å²) in [5, 5.41) is 4.53. The van der Waals surface area contributed by atoms with Gasteiger partial charge in [0.2, 0.25) is 0 Å². The second kappa shape index (κ2) is 4.43. The van der Waals surface area contributed by atoms with Gasteiger partial charge in [-0.3, -0.25) is 9.48 Å². The zero-order chi connectivity index (χ0) is 11.7. The Bertz CT molecular complexity index is 410. The maximum absolute atomic E-state index is 12.2. The van der Waals surface area contributed by atoms with Crippen molar-refractivity contribution < 1.29 is 9.53 Å². The van der Waals surface area contributed by atoms with E-state index in [9.17, 15) is 4.79 Å². The number of morpholine rings is 1. The highest BCUT2D eigenvalue weighted by Crippen LogP contribution is 2.20. The lowest BCUT2D eigenvalue weighted by molar-refractivity contribution is 0.0302. The Kier molecular flexibility index (Phi) is 3.16. The summed E-state index contributed by atoms with van der Waals surface area (Å²) in [6, 6.07) is 0. The molecule has 0 bridgehead atoms. The van der Waals surface area contributed by atoms with Gasteiger partial charge >= 0.3 is 0 Å². The second-order valence-electron chi connectivity index (χ2n) is 3.78. The average Bonchev–Trinajstić information content (AvgIpc) is 2.54.